The molecule has 0 spiro atoms. The Hall–Kier alpha value is -0.690. The maximum Gasteiger partial charge on any atom is 0.242 e. The third kappa shape index (κ3) is 4.59. The van der Waals surface area contributed by atoms with E-state index in [0.717, 1.165) is 6.54 Å². The molecule has 0 aliphatic carbocycles. The van der Waals surface area contributed by atoms with Gasteiger partial charge in [0.1, 0.15) is 4.90 Å². The van der Waals surface area contributed by atoms with Crippen molar-refractivity contribution >= 4 is 21.6 Å². The van der Waals surface area contributed by atoms with Crippen molar-refractivity contribution in [3.05, 3.63) is 23.5 Å². The van der Waals surface area contributed by atoms with E-state index < -0.39 is 10.0 Å². The van der Waals surface area contributed by atoms with Crippen LogP contribution in [-0.4, -0.2) is 32.5 Å². The van der Waals surface area contributed by atoms with E-state index in [-0.39, 0.29) is 10.9 Å². The summed E-state index contributed by atoms with van der Waals surface area (Å²) in [5.74, 6) is 0. The van der Waals surface area contributed by atoms with E-state index in [1.54, 1.807) is 0 Å². The van der Waals surface area contributed by atoms with Crippen LogP contribution in [0.2, 0.25) is 5.02 Å². The molecule has 5 nitrogen and oxygen atoms in total. The number of hydrogen-bond donors (Lipinski definition) is 2. The van der Waals surface area contributed by atoms with Gasteiger partial charge in [0.15, 0.2) is 0 Å². The summed E-state index contributed by atoms with van der Waals surface area (Å²) in [6.45, 7) is 4.98. The van der Waals surface area contributed by atoms with Gasteiger partial charge in [-0.3, -0.25) is 4.98 Å². The van der Waals surface area contributed by atoms with E-state index in [1.165, 1.54) is 18.5 Å². The fourth-order valence-electron chi connectivity index (χ4n) is 1.28. The summed E-state index contributed by atoms with van der Waals surface area (Å²) < 4.78 is 26.2. The second-order valence-corrected chi connectivity index (χ2v) is 5.85. The fraction of sp³-hybridized carbons (Fsp3) is 0.500. The molecule has 0 amide bonds. The molecule has 2 N–H and O–H groups in total. The average molecular weight is 278 g/mol. The molecule has 96 valence electrons. The van der Waals surface area contributed by atoms with Crippen LogP contribution >= 0.6 is 11.6 Å². The second-order valence-electron chi connectivity index (χ2n) is 3.65. The molecule has 0 bridgehead atoms. The highest BCUT2D eigenvalue weighted by molar-refractivity contribution is 7.89. The molecule has 1 aromatic rings. The summed E-state index contributed by atoms with van der Waals surface area (Å²) in [4.78, 5) is 3.82. The van der Waals surface area contributed by atoms with Crippen LogP contribution in [-0.2, 0) is 10.0 Å². The van der Waals surface area contributed by atoms with Gasteiger partial charge < -0.3 is 5.32 Å². The lowest BCUT2D eigenvalue weighted by molar-refractivity contribution is 0.536. The van der Waals surface area contributed by atoms with Crippen LogP contribution in [0.15, 0.2) is 23.4 Å². The predicted octanol–water partition coefficient (Wildman–Crippen LogP) is 1.01. The molecular weight excluding hydrogens is 262 g/mol. The molecule has 1 atom stereocenters. The van der Waals surface area contributed by atoms with Crippen molar-refractivity contribution in [2.24, 2.45) is 0 Å². The van der Waals surface area contributed by atoms with Crippen molar-refractivity contribution in [3.63, 3.8) is 0 Å². The van der Waals surface area contributed by atoms with Crippen molar-refractivity contribution in [1.82, 2.24) is 15.0 Å². The second kappa shape index (κ2) is 6.30. The number of likely N-dealkylation sites (N-methyl/N-ethyl adjacent to an activating group) is 1. The maximum atomic E-state index is 11.9. The standard InChI is InChI=1S/C10H16ClN3O2S/c1-3-13-8(2)5-14-17(15,16)10-4-9(11)6-12-7-10/h4,6-8,13-14H,3,5H2,1-2H3/t8-/m1/s1. The van der Waals surface area contributed by atoms with E-state index >= 15 is 0 Å². The Labute approximate surface area is 107 Å². The predicted molar refractivity (Wildman–Crippen MR) is 67.6 cm³/mol. The minimum atomic E-state index is -3.53. The highest BCUT2D eigenvalue weighted by Crippen LogP contribution is 2.13. The first-order chi connectivity index (χ1) is 7.95. The van der Waals surface area contributed by atoms with Gasteiger partial charge in [0.2, 0.25) is 10.0 Å². The molecule has 7 heteroatoms. The Morgan fingerprint density at radius 3 is 2.76 bits per heavy atom. The Morgan fingerprint density at radius 2 is 2.18 bits per heavy atom. The lowest BCUT2D eigenvalue weighted by atomic mass is 10.3. The zero-order valence-electron chi connectivity index (χ0n) is 9.77. The Balaban J connectivity index is 2.69. The number of nitrogens with zero attached hydrogens (tertiary/aromatic N) is 1. The zero-order chi connectivity index (χ0) is 12.9. The van der Waals surface area contributed by atoms with Gasteiger partial charge in [-0.1, -0.05) is 18.5 Å². The van der Waals surface area contributed by atoms with Gasteiger partial charge in [-0.05, 0) is 19.5 Å². The number of aromatic nitrogens is 1. The molecule has 0 fully saturated rings. The average Bonchev–Trinajstić information content (AvgIpc) is 2.27. The van der Waals surface area contributed by atoms with Gasteiger partial charge in [-0.25, -0.2) is 13.1 Å². The number of hydrogen-bond acceptors (Lipinski definition) is 4. The monoisotopic (exact) mass is 277 g/mol. The third-order valence-electron chi connectivity index (χ3n) is 2.12. The first-order valence-corrected chi connectivity index (χ1v) is 7.15. The highest BCUT2D eigenvalue weighted by atomic mass is 35.5. The minimum absolute atomic E-state index is 0.0712. The molecule has 0 aromatic carbocycles. The quantitative estimate of drug-likeness (QED) is 0.814. The minimum Gasteiger partial charge on any atom is -0.313 e. The van der Waals surface area contributed by atoms with E-state index in [2.05, 4.69) is 15.0 Å². The maximum absolute atomic E-state index is 11.9. The number of rotatable bonds is 6. The Morgan fingerprint density at radius 1 is 1.47 bits per heavy atom. The third-order valence-corrected chi connectivity index (χ3v) is 3.72. The van der Waals surface area contributed by atoms with E-state index in [1.807, 2.05) is 13.8 Å². The summed E-state index contributed by atoms with van der Waals surface area (Å²) in [5, 5.41) is 3.41. The first kappa shape index (κ1) is 14.4. The molecule has 17 heavy (non-hydrogen) atoms. The van der Waals surface area contributed by atoms with Gasteiger partial charge in [0, 0.05) is 25.0 Å². The molecule has 0 aliphatic heterocycles. The summed E-state index contributed by atoms with van der Waals surface area (Å²) >= 11 is 5.70. The number of halogens is 1. The largest absolute Gasteiger partial charge is 0.313 e. The fourth-order valence-corrected chi connectivity index (χ4v) is 2.63. The summed E-state index contributed by atoms with van der Waals surface area (Å²) in [5.41, 5.74) is 0. The van der Waals surface area contributed by atoms with Crippen molar-refractivity contribution in [2.75, 3.05) is 13.1 Å². The number of sulfonamides is 1. The Bertz CT molecular complexity index is 464. The summed E-state index contributed by atoms with van der Waals surface area (Å²) in [6, 6.07) is 1.44. The molecule has 0 aliphatic rings. The van der Waals surface area contributed by atoms with Crippen molar-refractivity contribution < 1.29 is 8.42 Å². The smallest absolute Gasteiger partial charge is 0.242 e. The van der Waals surface area contributed by atoms with Gasteiger partial charge in [-0.15, -0.1) is 0 Å². The first-order valence-electron chi connectivity index (χ1n) is 5.29. The van der Waals surface area contributed by atoms with E-state index in [0.29, 0.717) is 11.6 Å². The Kier molecular flexibility index (Phi) is 5.32. The molecule has 0 radical (unpaired) electrons. The van der Waals surface area contributed by atoms with Crippen LogP contribution in [0.1, 0.15) is 13.8 Å². The van der Waals surface area contributed by atoms with Crippen molar-refractivity contribution in [3.8, 4) is 0 Å². The topological polar surface area (TPSA) is 71.1 Å². The molecule has 0 unspecified atom stereocenters. The molecular formula is C10H16ClN3O2S. The van der Waals surface area contributed by atoms with Crippen LogP contribution in [0.4, 0.5) is 0 Å². The van der Waals surface area contributed by atoms with Gasteiger partial charge in [0.25, 0.3) is 0 Å². The van der Waals surface area contributed by atoms with Crippen LogP contribution < -0.4 is 10.0 Å². The van der Waals surface area contributed by atoms with E-state index in [9.17, 15) is 8.42 Å². The molecule has 1 aromatic heterocycles. The van der Waals surface area contributed by atoms with Gasteiger partial charge >= 0.3 is 0 Å². The van der Waals surface area contributed by atoms with Crippen LogP contribution in [0.5, 0.6) is 0 Å². The molecule has 1 rings (SSSR count). The highest BCUT2D eigenvalue weighted by Gasteiger charge is 2.15. The molecule has 1 heterocycles. The van der Waals surface area contributed by atoms with Crippen molar-refractivity contribution in [2.45, 2.75) is 24.8 Å². The van der Waals surface area contributed by atoms with Gasteiger partial charge in [0.05, 0.1) is 5.02 Å². The molecule has 0 saturated heterocycles. The molecule has 0 saturated carbocycles. The zero-order valence-corrected chi connectivity index (χ0v) is 11.3. The number of pyridine rings is 1. The van der Waals surface area contributed by atoms with Crippen LogP contribution in [0.25, 0.3) is 0 Å². The lowest BCUT2D eigenvalue weighted by Crippen LogP contribution is -2.38. The van der Waals surface area contributed by atoms with Crippen molar-refractivity contribution in [1.29, 1.82) is 0 Å². The lowest BCUT2D eigenvalue weighted by Gasteiger charge is -2.13. The van der Waals surface area contributed by atoms with Crippen LogP contribution in [0.3, 0.4) is 0 Å². The van der Waals surface area contributed by atoms with Crippen LogP contribution in [0, 0.1) is 0 Å². The summed E-state index contributed by atoms with van der Waals surface area (Å²) in [7, 11) is -3.53. The number of nitrogens with one attached hydrogen (secondary N) is 2. The van der Waals surface area contributed by atoms with Gasteiger partial charge in [-0.2, -0.15) is 0 Å². The normalized spacial score (nSPS) is 13.6. The SMILES string of the molecule is CCN[C@H](C)CNS(=O)(=O)c1cncc(Cl)c1. The summed E-state index contributed by atoms with van der Waals surface area (Å²) in [6.07, 6.45) is 2.66. The van der Waals surface area contributed by atoms with E-state index in [4.69, 9.17) is 11.6 Å².